The molecule has 0 saturated carbocycles. The van der Waals surface area contributed by atoms with Gasteiger partial charge in [0.05, 0.1) is 6.54 Å². The van der Waals surface area contributed by atoms with E-state index in [0.717, 1.165) is 20.0 Å². The van der Waals surface area contributed by atoms with Crippen LogP contribution in [0.25, 0.3) is 0 Å². The van der Waals surface area contributed by atoms with Crippen molar-refractivity contribution in [3.05, 3.63) is 11.6 Å². The topological polar surface area (TPSA) is 186 Å². The van der Waals surface area contributed by atoms with Crippen molar-refractivity contribution in [2.75, 3.05) is 33.3 Å². The van der Waals surface area contributed by atoms with Gasteiger partial charge >= 0.3 is 47.4 Å². The summed E-state index contributed by atoms with van der Waals surface area (Å²) < 4.78 is 38.5. The third-order valence-corrected chi connectivity index (χ3v) is 6.88. The molecule has 0 radical (unpaired) electrons. The van der Waals surface area contributed by atoms with Gasteiger partial charge in [-0.3, -0.25) is 24.1 Å². The van der Waals surface area contributed by atoms with Gasteiger partial charge in [-0.1, -0.05) is 6.08 Å². The van der Waals surface area contributed by atoms with Crippen molar-refractivity contribution in [2.24, 2.45) is 0 Å². The fourth-order valence-electron chi connectivity index (χ4n) is 4.02. The van der Waals surface area contributed by atoms with Crippen LogP contribution in [-0.2, 0) is 34.2 Å². The fraction of sp³-hybridized carbons (Fsp3) is 0.632. The van der Waals surface area contributed by atoms with Crippen LogP contribution >= 0.6 is 0 Å². The Morgan fingerprint density at radius 2 is 1.89 bits per heavy atom. The number of allylic oxidation sites excluding steroid dienone is 1. The molecule has 16 heteroatoms. The largest absolute Gasteiger partial charge is 1.00 e. The van der Waals surface area contributed by atoms with Crippen molar-refractivity contribution < 1.29 is 71.2 Å². The predicted octanol–water partition coefficient (Wildman–Crippen LogP) is -4.98. The van der Waals surface area contributed by atoms with E-state index in [0.29, 0.717) is 29.9 Å². The van der Waals surface area contributed by atoms with Crippen molar-refractivity contribution >= 4 is 40.0 Å². The Hall–Kier alpha value is -2.04. The van der Waals surface area contributed by atoms with E-state index in [9.17, 15) is 36.9 Å². The molecule has 3 aliphatic rings. The average Bonchev–Trinajstić information content (AvgIpc) is 2.80. The molecule has 2 aliphatic heterocycles. The molecular weight excluding hydrogens is 497 g/mol. The van der Waals surface area contributed by atoms with Gasteiger partial charge in [0.15, 0.2) is 10.3 Å². The number of ether oxygens (including phenoxy) is 1. The Morgan fingerprint density at radius 3 is 2.40 bits per heavy atom. The van der Waals surface area contributed by atoms with E-state index >= 15 is 0 Å². The smallest absolute Gasteiger partial charge is 0.731 e. The number of β-lactam (4-membered cyclic amide) rings is 1. The molecule has 2 atom stereocenters. The quantitative estimate of drug-likeness (QED) is 0.0823. The summed E-state index contributed by atoms with van der Waals surface area (Å²) in [6, 6.07) is -2.28. The summed E-state index contributed by atoms with van der Waals surface area (Å²) in [7, 11) is -4.03. The summed E-state index contributed by atoms with van der Waals surface area (Å²) >= 11 is 0. The second-order valence-corrected chi connectivity index (χ2v) is 9.34. The zero-order valence-corrected chi connectivity index (χ0v) is 22.6. The summed E-state index contributed by atoms with van der Waals surface area (Å²) in [4.78, 5) is 64.8. The van der Waals surface area contributed by atoms with E-state index in [1.165, 1.54) is 4.90 Å². The SMILES string of the molecule is CCN1CCN(C(=O)NC(C(=O)NC2(OC)CN(S(=O)(=O)[O-])C2=O)C2=CCCCC2)C(=O)C1=O.[Na+]. The maximum atomic E-state index is 13.2. The van der Waals surface area contributed by atoms with Gasteiger partial charge in [-0.15, -0.1) is 0 Å². The number of likely N-dealkylation sites (N-methyl/N-ethyl adjacent to an activating group) is 1. The minimum atomic E-state index is -5.08. The summed E-state index contributed by atoms with van der Waals surface area (Å²) in [5, 5.41) is 4.73. The van der Waals surface area contributed by atoms with Crippen LogP contribution < -0.4 is 40.2 Å². The molecular formula is C19H26N5NaO9S. The molecule has 0 spiro atoms. The number of rotatable bonds is 7. The monoisotopic (exact) mass is 523 g/mol. The normalized spacial score (nSPS) is 23.7. The molecule has 2 fully saturated rings. The molecule has 1 aliphatic carbocycles. The first-order valence-electron chi connectivity index (χ1n) is 10.7. The Labute approximate surface area is 224 Å². The van der Waals surface area contributed by atoms with Gasteiger partial charge in [0.1, 0.15) is 6.04 Å². The van der Waals surface area contributed by atoms with Gasteiger partial charge in [0.2, 0.25) is 11.6 Å². The average molecular weight is 524 g/mol. The Kier molecular flexibility index (Phi) is 9.46. The summed E-state index contributed by atoms with van der Waals surface area (Å²) in [6.07, 6.45) is 4.44. The number of hydrogen-bond donors (Lipinski definition) is 2. The third-order valence-electron chi connectivity index (χ3n) is 6.04. The minimum Gasteiger partial charge on any atom is -0.731 e. The van der Waals surface area contributed by atoms with E-state index in [-0.39, 0.29) is 47.0 Å². The first kappa shape index (κ1) is 29.2. The van der Waals surface area contributed by atoms with Crippen LogP contribution in [-0.4, -0.2) is 102 Å². The second kappa shape index (κ2) is 11.3. The maximum absolute atomic E-state index is 13.2. The Bertz CT molecular complexity index is 1050. The molecule has 6 amide bonds. The molecule has 2 saturated heterocycles. The number of carbonyl (C=O) groups excluding carboxylic acids is 5. The van der Waals surface area contributed by atoms with Crippen LogP contribution in [0.5, 0.6) is 0 Å². The van der Waals surface area contributed by atoms with Crippen molar-refractivity contribution in [2.45, 2.75) is 44.4 Å². The zero-order valence-electron chi connectivity index (χ0n) is 19.7. The molecule has 2 heterocycles. The van der Waals surface area contributed by atoms with Gasteiger partial charge in [-0.2, -0.15) is 0 Å². The van der Waals surface area contributed by atoms with Crippen LogP contribution in [0.15, 0.2) is 11.6 Å². The number of imide groups is 1. The molecule has 14 nitrogen and oxygen atoms in total. The van der Waals surface area contributed by atoms with Crippen molar-refractivity contribution in [1.82, 2.24) is 24.7 Å². The van der Waals surface area contributed by atoms with Crippen LogP contribution in [0.1, 0.15) is 32.6 Å². The maximum Gasteiger partial charge on any atom is 1.00 e. The second-order valence-electron chi connectivity index (χ2n) is 8.04. The van der Waals surface area contributed by atoms with Gasteiger partial charge in [0, 0.05) is 26.7 Å². The van der Waals surface area contributed by atoms with Gasteiger partial charge < -0.3 is 24.8 Å². The van der Waals surface area contributed by atoms with Gasteiger partial charge in [-0.25, -0.2) is 17.5 Å². The summed E-state index contributed by atoms with van der Waals surface area (Å²) in [5.41, 5.74) is -1.57. The number of methoxy groups -OCH3 is 1. The van der Waals surface area contributed by atoms with Crippen LogP contribution in [0.4, 0.5) is 4.79 Å². The van der Waals surface area contributed by atoms with Gasteiger partial charge in [-0.05, 0) is 38.2 Å². The van der Waals surface area contributed by atoms with E-state index in [4.69, 9.17) is 4.74 Å². The summed E-state index contributed by atoms with van der Waals surface area (Å²) in [6.45, 7) is 1.36. The molecule has 35 heavy (non-hydrogen) atoms. The third kappa shape index (κ3) is 5.86. The Morgan fingerprint density at radius 1 is 1.20 bits per heavy atom. The van der Waals surface area contributed by atoms with Crippen LogP contribution in [0.2, 0.25) is 0 Å². The Balaban J connectivity index is 0.00000432. The molecule has 0 aromatic carbocycles. The standard InChI is InChI=1S/C19H27N5O9S.Na/c1-3-22-9-10-23(16(27)15(22)26)18(29)20-13(12-7-5-4-6-8-12)14(25)21-19(33-2)11-24(17(19)28)34(30,31)32;/h7,13H,3-6,8-11H2,1-2H3,(H,20,29)(H,21,25)(H,30,31,32);/q;+1/p-1. The first-order valence-corrected chi connectivity index (χ1v) is 12.1. The van der Waals surface area contributed by atoms with E-state index < -0.39 is 58.3 Å². The molecule has 188 valence electrons. The first-order chi connectivity index (χ1) is 15.9. The number of hydrogen-bond acceptors (Lipinski definition) is 9. The minimum absolute atomic E-state index is 0. The fourth-order valence-corrected chi connectivity index (χ4v) is 4.71. The predicted molar refractivity (Wildman–Crippen MR) is 112 cm³/mol. The number of nitrogens with one attached hydrogen (secondary N) is 2. The number of urea groups is 1. The molecule has 2 unspecified atom stereocenters. The van der Waals surface area contributed by atoms with Crippen molar-refractivity contribution in [3.63, 3.8) is 0 Å². The van der Waals surface area contributed by atoms with Gasteiger partial charge in [0.25, 0.3) is 5.91 Å². The molecule has 2 N–H and O–H groups in total. The molecule has 0 aromatic heterocycles. The molecule has 0 bridgehead atoms. The molecule has 3 rings (SSSR count). The van der Waals surface area contributed by atoms with Crippen LogP contribution in [0.3, 0.4) is 0 Å². The number of carbonyl (C=O) groups is 5. The molecule has 0 aromatic rings. The van der Waals surface area contributed by atoms with E-state index in [1.807, 2.05) is 0 Å². The van der Waals surface area contributed by atoms with Crippen LogP contribution in [0, 0.1) is 0 Å². The van der Waals surface area contributed by atoms with Crippen molar-refractivity contribution in [1.29, 1.82) is 0 Å². The number of piperazine rings is 1. The number of amides is 6. The zero-order chi connectivity index (χ0) is 25.3. The van der Waals surface area contributed by atoms with E-state index in [1.54, 1.807) is 13.0 Å². The summed E-state index contributed by atoms with van der Waals surface area (Å²) in [5.74, 6) is -4.02. The van der Waals surface area contributed by atoms with Crippen molar-refractivity contribution in [3.8, 4) is 0 Å². The van der Waals surface area contributed by atoms with E-state index in [2.05, 4.69) is 10.6 Å². The number of nitrogens with zero attached hydrogens (tertiary/aromatic N) is 3.